The Hall–Kier alpha value is -10.7. The van der Waals surface area contributed by atoms with Gasteiger partial charge in [-0.05, 0) is 158 Å². The standard InChI is InChI=1S/C76H46N4/c1-5-17-55-46(13-1)29-38-63-59(55)21-9-25-67(63)73-70-42-37-53(79-70)44-52-34-33-50(77-52)43-51-35-36-54(78-51)45-72-74(68-26-10-22-60-56-18-6-2-14-47(56)30-39-64(60)68)75(69-27-11-23-61-57-19-7-3-15-48(57)31-40-65(61)69)76(73)80(72)71-28-12-24-62-58-20-8-4-16-49(58)32-41-66(62)71/h1-45,77H. The van der Waals surface area contributed by atoms with E-state index >= 15 is 0 Å². The third-order valence-electron chi connectivity index (χ3n) is 16.8. The van der Waals surface area contributed by atoms with Crippen LogP contribution in [0.5, 0.6) is 0 Å². The smallest absolute Gasteiger partial charge is 0.0737 e. The van der Waals surface area contributed by atoms with Gasteiger partial charge in [-0.15, -0.1) is 0 Å². The molecule has 1 N–H and O–H groups in total. The minimum Gasteiger partial charge on any atom is -0.355 e. The molecule has 2 aliphatic heterocycles. The lowest BCUT2D eigenvalue weighted by atomic mass is 9.86. The molecule has 370 valence electrons. The number of aromatic amines is 1. The molecule has 17 rings (SSSR count). The van der Waals surface area contributed by atoms with Gasteiger partial charge >= 0.3 is 0 Å². The highest BCUT2D eigenvalue weighted by atomic mass is 15.0. The van der Waals surface area contributed by atoms with E-state index in [1.54, 1.807) is 0 Å². The van der Waals surface area contributed by atoms with Crippen LogP contribution >= 0.6 is 0 Å². The van der Waals surface area contributed by atoms with Crippen molar-refractivity contribution in [1.82, 2.24) is 19.5 Å². The SMILES string of the molecule is C1=Cc2cc3c(-c4cccc5c4ccc4ccccc45)c(-c4cccc5c4ccc4ccccc45)c(c(-c4cccc5c4ccc4ccccc45)c4nc(cc5ccc(cc1n2)[nH]5)C=C4)n3-c1cccc2c1ccc1ccccc12. The molecule has 80 heavy (non-hydrogen) atoms. The fourth-order valence-corrected chi connectivity index (χ4v) is 13.3. The van der Waals surface area contributed by atoms with Gasteiger partial charge in [0, 0.05) is 33.1 Å². The van der Waals surface area contributed by atoms with Gasteiger partial charge in [0.25, 0.3) is 0 Å². The van der Waals surface area contributed by atoms with Crippen LogP contribution in [0.4, 0.5) is 0 Å². The van der Waals surface area contributed by atoms with Crippen molar-refractivity contribution >= 4 is 133 Å². The quantitative estimate of drug-likeness (QED) is 0.179. The Morgan fingerprint density at radius 2 is 0.675 bits per heavy atom. The maximum atomic E-state index is 5.75. The van der Waals surface area contributed by atoms with Crippen molar-refractivity contribution in [2.24, 2.45) is 0 Å². The van der Waals surface area contributed by atoms with Crippen molar-refractivity contribution < 1.29 is 0 Å². The van der Waals surface area contributed by atoms with Gasteiger partial charge in [-0.1, -0.05) is 212 Å². The summed E-state index contributed by atoms with van der Waals surface area (Å²) in [5.74, 6) is 0. The molecule has 0 saturated heterocycles. The van der Waals surface area contributed by atoms with Crippen LogP contribution in [-0.4, -0.2) is 19.5 Å². The van der Waals surface area contributed by atoms with E-state index in [1.165, 1.54) is 70.0 Å². The molecule has 0 amide bonds. The zero-order valence-electron chi connectivity index (χ0n) is 43.3. The van der Waals surface area contributed by atoms with Crippen LogP contribution in [0, 0.1) is 0 Å². The molecule has 5 heterocycles. The summed E-state index contributed by atoms with van der Waals surface area (Å²) in [5, 5.41) is 19.0. The van der Waals surface area contributed by atoms with E-state index in [1.807, 2.05) is 0 Å². The van der Waals surface area contributed by atoms with Crippen molar-refractivity contribution in [3.63, 3.8) is 0 Å². The summed E-state index contributed by atoms with van der Waals surface area (Å²) in [4.78, 5) is 14.8. The summed E-state index contributed by atoms with van der Waals surface area (Å²) in [6, 6.07) is 92.0. The summed E-state index contributed by atoms with van der Waals surface area (Å²) in [6.45, 7) is 0. The molecule has 3 aromatic heterocycles. The zero-order chi connectivity index (χ0) is 52.4. The number of aromatic nitrogens is 4. The fraction of sp³-hybridized carbons (Fsp3) is 0. The number of H-pyrrole nitrogens is 1. The highest BCUT2D eigenvalue weighted by Gasteiger charge is 2.29. The van der Waals surface area contributed by atoms with Crippen LogP contribution in [0.1, 0.15) is 22.8 Å². The van der Waals surface area contributed by atoms with Crippen LogP contribution in [0.15, 0.2) is 249 Å². The molecule has 8 bridgehead atoms. The Balaban J connectivity index is 1.20. The minimum atomic E-state index is 0.854. The van der Waals surface area contributed by atoms with Gasteiger partial charge in [0.1, 0.15) is 0 Å². The van der Waals surface area contributed by atoms with Crippen molar-refractivity contribution in [3.05, 3.63) is 271 Å². The monoisotopic (exact) mass is 1010 g/mol. The molecule has 4 nitrogen and oxygen atoms in total. The maximum absolute atomic E-state index is 5.75. The van der Waals surface area contributed by atoms with E-state index in [0.29, 0.717) is 0 Å². The molecule has 2 aliphatic rings. The molecule has 0 radical (unpaired) electrons. The van der Waals surface area contributed by atoms with Crippen molar-refractivity contribution in [2.45, 2.75) is 0 Å². The van der Waals surface area contributed by atoms with Crippen molar-refractivity contribution in [1.29, 1.82) is 0 Å². The van der Waals surface area contributed by atoms with Gasteiger partial charge in [-0.3, -0.25) is 0 Å². The van der Waals surface area contributed by atoms with Gasteiger partial charge in [0.15, 0.2) is 0 Å². The number of nitrogens with one attached hydrogen (secondary N) is 1. The molecular formula is C76H46N4. The second-order valence-electron chi connectivity index (χ2n) is 21.3. The van der Waals surface area contributed by atoms with Crippen LogP contribution in [0.2, 0.25) is 0 Å². The Labute approximate surface area is 460 Å². The second-order valence-corrected chi connectivity index (χ2v) is 21.3. The predicted octanol–water partition coefficient (Wildman–Crippen LogP) is 20.3. The van der Waals surface area contributed by atoms with Gasteiger partial charge in [-0.2, -0.15) is 0 Å². The second kappa shape index (κ2) is 17.4. The average molecular weight is 1020 g/mol. The summed E-state index contributed by atoms with van der Waals surface area (Å²) in [6.07, 6.45) is 8.72. The number of fused-ring (bicyclic) bond motifs is 20. The van der Waals surface area contributed by atoms with Crippen molar-refractivity contribution in [3.8, 4) is 39.1 Å². The van der Waals surface area contributed by atoms with Crippen molar-refractivity contribution in [2.75, 3.05) is 0 Å². The Morgan fingerprint density at radius 3 is 1.20 bits per heavy atom. The topological polar surface area (TPSA) is 46.5 Å². The summed E-state index contributed by atoms with van der Waals surface area (Å²) >= 11 is 0. The molecule has 12 aromatic carbocycles. The number of nitrogens with zero attached hydrogens (tertiary/aromatic N) is 3. The molecule has 0 atom stereocenters. The van der Waals surface area contributed by atoms with E-state index in [-0.39, 0.29) is 0 Å². The normalized spacial score (nSPS) is 12.4. The largest absolute Gasteiger partial charge is 0.355 e. The molecule has 0 aliphatic carbocycles. The van der Waals surface area contributed by atoms with Crippen LogP contribution in [0.25, 0.3) is 172 Å². The number of rotatable bonds is 4. The first-order valence-electron chi connectivity index (χ1n) is 27.5. The zero-order valence-corrected chi connectivity index (χ0v) is 43.3. The van der Waals surface area contributed by atoms with Gasteiger partial charge in [-0.25, -0.2) is 9.97 Å². The van der Waals surface area contributed by atoms with Gasteiger partial charge < -0.3 is 9.55 Å². The lowest BCUT2D eigenvalue weighted by Gasteiger charge is -2.18. The number of benzene rings is 12. The Kier molecular flexibility index (Phi) is 9.68. The Bertz CT molecular complexity index is 5440. The van der Waals surface area contributed by atoms with Crippen LogP contribution in [-0.2, 0) is 0 Å². The third-order valence-corrected chi connectivity index (χ3v) is 16.8. The lowest BCUT2D eigenvalue weighted by molar-refractivity contribution is 1.19. The molecule has 0 unspecified atom stereocenters. The Morgan fingerprint density at radius 1 is 0.275 bits per heavy atom. The van der Waals surface area contributed by atoms with E-state index in [0.717, 1.165) is 100 Å². The lowest BCUT2D eigenvalue weighted by Crippen LogP contribution is -1.99. The molecule has 0 fully saturated rings. The summed E-state index contributed by atoms with van der Waals surface area (Å²) < 4.78 is 2.59. The number of hydrogen-bond acceptors (Lipinski definition) is 2. The summed E-state index contributed by atoms with van der Waals surface area (Å²) in [7, 11) is 0. The van der Waals surface area contributed by atoms with E-state index < -0.39 is 0 Å². The summed E-state index contributed by atoms with van der Waals surface area (Å²) in [5.41, 5.74) is 15.0. The predicted molar refractivity (Wildman–Crippen MR) is 340 cm³/mol. The molecular weight excluding hydrogens is 969 g/mol. The molecule has 0 saturated carbocycles. The first kappa shape index (κ1) is 44.4. The third kappa shape index (κ3) is 6.82. The molecule has 0 spiro atoms. The van der Waals surface area contributed by atoms with E-state index in [4.69, 9.17) is 9.97 Å². The minimum absolute atomic E-state index is 0.854. The van der Waals surface area contributed by atoms with Gasteiger partial charge in [0.05, 0.1) is 39.5 Å². The average Bonchev–Trinajstić information content (AvgIpc) is 4.31. The van der Waals surface area contributed by atoms with Crippen LogP contribution in [0.3, 0.4) is 0 Å². The molecule has 15 aromatic rings. The van der Waals surface area contributed by atoms with E-state index in [2.05, 4.69) is 283 Å². The highest BCUT2D eigenvalue weighted by Crippen LogP contribution is 2.52. The van der Waals surface area contributed by atoms with Crippen LogP contribution < -0.4 is 0 Å². The first-order chi connectivity index (χ1) is 39.6. The first-order valence-corrected chi connectivity index (χ1v) is 27.5. The number of hydrogen-bond donors (Lipinski definition) is 1. The molecule has 4 heteroatoms. The highest BCUT2D eigenvalue weighted by molar-refractivity contribution is 6.24. The maximum Gasteiger partial charge on any atom is 0.0737 e. The van der Waals surface area contributed by atoms with E-state index in [9.17, 15) is 0 Å². The fourth-order valence-electron chi connectivity index (χ4n) is 13.3. The van der Waals surface area contributed by atoms with Gasteiger partial charge in [0.2, 0.25) is 0 Å².